The highest BCUT2D eigenvalue weighted by Gasteiger charge is 2.25. The lowest BCUT2D eigenvalue weighted by Crippen LogP contribution is -2.55. The van der Waals surface area contributed by atoms with Crippen molar-refractivity contribution >= 4 is 30.2 Å². The summed E-state index contributed by atoms with van der Waals surface area (Å²) < 4.78 is 5.17. The number of aliphatic hydroxyl groups is 1. The Balaban J connectivity index is 4.57. The van der Waals surface area contributed by atoms with E-state index in [1.807, 2.05) is 6.92 Å². The van der Waals surface area contributed by atoms with E-state index >= 15 is 0 Å². The molecule has 12 nitrogen and oxygen atoms in total. The summed E-state index contributed by atoms with van der Waals surface area (Å²) in [6, 6.07) is -3.07. The number of aliphatic imine (C=N–C) groups is 1. The van der Waals surface area contributed by atoms with E-state index in [9.17, 15) is 24.3 Å². The molecule has 0 aromatic carbocycles. The number of amides is 3. The molecule has 0 bridgehead atoms. The fourth-order valence-corrected chi connectivity index (χ4v) is 2.85. The molecule has 190 valence electrons. The van der Waals surface area contributed by atoms with E-state index in [0.29, 0.717) is 25.7 Å². The minimum atomic E-state index is -1.29. The lowest BCUT2D eigenvalue weighted by Gasteiger charge is -2.21. The zero-order chi connectivity index (χ0) is 25.2. The molecule has 1 unspecified atom stereocenters. The van der Waals surface area contributed by atoms with Crippen LogP contribution in [0.25, 0.3) is 0 Å². The van der Waals surface area contributed by atoms with E-state index < -0.39 is 42.6 Å². The molecular weight excluding hydrogens is 432 g/mol. The van der Waals surface area contributed by atoms with Crippen LogP contribution in [0.15, 0.2) is 4.99 Å². The van der Waals surface area contributed by atoms with Crippen LogP contribution >= 0.6 is 0 Å². The monoisotopic (exact) mass is 472 g/mol. The third kappa shape index (κ3) is 14.0. The van der Waals surface area contributed by atoms with Gasteiger partial charge in [0.2, 0.25) is 11.8 Å². The minimum absolute atomic E-state index is 0.0596. The summed E-state index contributed by atoms with van der Waals surface area (Å²) in [6.45, 7) is 5.37. The Kier molecular flexibility index (Phi) is 16.1. The number of ether oxygens (including phenoxy) is 1. The van der Waals surface area contributed by atoms with Gasteiger partial charge in [0, 0.05) is 6.54 Å². The molecule has 4 atom stereocenters. The average Bonchev–Trinajstić information content (AvgIpc) is 2.78. The summed E-state index contributed by atoms with van der Waals surface area (Å²) in [5.41, 5.74) is 10.4. The third-order valence-corrected chi connectivity index (χ3v) is 5.00. The summed E-state index contributed by atoms with van der Waals surface area (Å²) in [4.78, 5) is 51.7. The molecule has 0 fully saturated rings. The number of carbonyl (C=O) groups excluding carboxylic acids is 4. The van der Waals surface area contributed by atoms with Gasteiger partial charge in [-0.3, -0.25) is 14.6 Å². The van der Waals surface area contributed by atoms with Crippen molar-refractivity contribution in [2.75, 3.05) is 19.8 Å². The Morgan fingerprint density at radius 2 is 1.76 bits per heavy atom. The van der Waals surface area contributed by atoms with Gasteiger partial charge in [-0.15, -0.1) is 0 Å². The molecule has 33 heavy (non-hydrogen) atoms. The maximum atomic E-state index is 12.4. The molecule has 0 saturated heterocycles. The van der Waals surface area contributed by atoms with Crippen molar-refractivity contribution in [3.8, 4) is 0 Å². The number of alkyl carbamates (subject to hydrolysis) is 1. The third-order valence-electron chi connectivity index (χ3n) is 5.00. The molecule has 0 saturated carbocycles. The predicted octanol–water partition coefficient (Wildman–Crippen LogP) is -0.468. The van der Waals surface area contributed by atoms with Crippen LogP contribution < -0.4 is 27.4 Å². The van der Waals surface area contributed by atoms with E-state index in [-0.39, 0.29) is 18.5 Å². The molecule has 8 N–H and O–H groups in total. The van der Waals surface area contributed by atoms with Gasteiger partial charge in [-0.1, -0.05) is 33.1 Å². The number of nitrogens with one attached hydrogen (secondary N) is 3. The van der Waals surface area contributed by atoms with Crippen LogP contribution in [0.1, 0.15) is 59.3 Å². The normalized spacial score (nSPS) is 14.2. The van der Waals surface area contributed by atoms with Gasteiger partial charge in [-0.2, -0.15) is 0 Å². The zero-order valence-corrected chi connectivity index (χ0v) is 19.8. The fraction of sp³-hybridized carbons (Fsp3) is 0.762. The first-order valence-electron chi connectivity index (χ1n) is 11.3. The number of nitrogens with two attached hydrogens (primary N) is 2. The molecule has 0 aliphatic heterocycles. The molecule has 0 aliphatic carbocycles. The first kappa shape index (κ1) is 30.1. The molecule has 0 aromatic rings. The van der Waals surface area contributed by atoms with Crippen LogP contribution in [0, 0.1) is 5.92 Å². The van der Waals surface area contributed by atoms with Gasteiger partial charge in [-0.25, -0.2) is 4.79 Å². The molecule has 12 heteroatoms. The Hall–Kier alpha value is -2.89. The van der Waals surface area contributed by atoms with Crippen molar-refractivity contribution < 1.29 is 29.0 Å². The molecule has 0 radical (unpaired) electrons. The van der Waals surface area contributed by atoms with Gasteiger partial charge in [0.1, 0.15) is 18.4 Å². The van der Waals surface area contributed by atoms with E-state index in [0.717, 1.165) is 25.7 Å². The van der Waals surface area contributed by atoms with Crippen LogP contribution in [0.3, 0.4) is 0 Å². The fourth-order valence-electron chi connectivity index (χ4n) is 2.85. The van der Waals surface area contributed by atoms with Crippen molar-refractivity contribution in [2.24, 2.45) is 22.4 Å². The SMILES string of the molecule is CCCCC(CC)COC(=O)N[C@H](CO)C(=O)N[C@@H](C)C(=O)N[C@H](C=O)CCCN=C(N)N. The maximum absolute atomic E-state index is 12.4. The van der Waals surface area contributed by atoms with E-state index in [2.05, 4.69) is 27.9 Å². The molecule has 0 spiro atoms. The van der Waals surface area contributed by atoms with Crippen molar-refractivity contribution in [1.82, 2.24) is 16.0 Å². The molecule has 0 rings (SSSR count). The van der Waals surface area contributed by atoms with E-state index in [1.54, 1.807) is 0 Å². The second-order valence-electron chi connectivity index (χ2n) is 7.82. The highest BCUT2D eigenvalue weighted by Crippen LogP contribution is 2.12. The standard InChI is InChI=1S/C21H40N6O6/c1-4-6-8-15(5-2)13-33-21(32)27-17(12-29)19(31)25-14(3)18(30)26-16(11-28)9-7-10-24-20(22)23/h11,14-17,29H,4-10,12-13H2,1-3H3,(H,25,31)(H,26,30)(H,27,32)(H4,22,23,24)/t14-,15?,16-,17+/m0/s1. The Morgan fingerprint density at radius 3 is 2.30 bits per heavy atom. The zero-order valence-electron chi connectivity index (χ0n) is 19.8. The molecule has 0 aliphatic rings. The van der Waals surface area contributed by atoms with Gasteiger partial charge >= 0.3 is 6.09 Å². The van der Waals surface area contributed by atoms with Gasteiger partial charge in [0.25, 0.3) is 0 Å². The van der Waals surface area contributed by atoms with Gasteiger partial charge in [-0.05, 0) is 32.1 Å². The largest absolute Gasteiger partial charge is 0.449 e. The van der Waals surface area contributed by atoms with Gasteiger partial charge < -0.3 is 42.1 Å². The topological polar surface area (TPSA) is 198 Å². The molecule has 3 amide bonds. The Morgan fingerprint density at radius 1 is 1.06 bits per heavy atom. The van der Waals surface area contributed by atoms with Crippen molar-refractivity contribution in [3.63, 3.8) is 0 Å². The Bertz CT molecular complexity index is 641. The van der Waals surface area contributed by atoms with E-state index in [1.165, 1.54) is 6.92 Å². The number of hydrogen-bond acceptors (Lipinski definition) is 7. The number of nitrogens with zero attached hydrogens (tertiary/aromatic N) is 1. The first-order valence-corrected chi connectivity index (χ1v) is 11.3. The van der Waals surface area contributed by atoms with Crippen LogP contribution in [-0.2, 0) is 19.1 Å². The molecule has 0 heterocycles. The summed E-state index contributed by atoms with van der Waals surface area (Å²) in [6.07, 6.45) is 4.43. The van der Waals surface area contributed by atoms with Crippen LogP contribution in [0.5, 0.6) is 0 Å². The summed E-state index contributed by atoms with van der Waals surface area (Å²) >= 11 is 0. The number of hydrogen-bond donors (Lipinski definition) is 6. The minimum Gasteiger partial charge on any atom is -0.449 e. The second-order valence-corrected chi connectivity index (χ2v) is 7.82. The highest BCUT2D eigenvalue weighted by atomic mass is 16.5. The molecule has 0 aromatic heterocycles. The number of aldehydes is 1. The smallest absolute Gasteiger partial charge is 0.407 e. The van der Waals surface area contributed by atoms with E-state index in [4.69, 9.17) is 16.2 Å². The van der Waals surface area contributed by atoms with Gasteiger partial charge in [0.15, 0.2) is 5.96 Å². The number of unbranched alkanes of at least 4 members (excludes halogenated alkanes) is 1. The van der Waals surface area contributed by atoms with Crippen molar-refractivity contribution in [3.05, 3.63) is 0 Å². The van der Waals surface area contributed by atoms with Crippen LogP contribution in [0.2, 0.25) is 0 Å². The number of aliphatic hydroxyl groups excluding tert-OH is 1. The average molecular weight is 473 g/mol. The van der Waals surface area contributed by atoms with Crippen molar-refractivity contribution in [1.29, 1.82) is 0 Å². The maximum Gasteiger partial charge on any atom is 0.407 e. The van der Waals surface area contributed by atoms with Gasteiger partial charge in [0.05, 0.1) is 19.3 Å². The quantitative estimate of drug-likeness (QED) is 0.0706. The first-order chi connectivity index (χ1) is 15.7. The van der Waals surface area contributed by atoms with Crippen LogP contribution in [-0.4, -0.2) is 73.1 Å². The van der Waals surface area contributed by atoms with Crippen LogP contribution in [0.4, 0.5) is 4.79 Å². The lowest BCUT2D eigenvalue weighted by molar-refractivity contribution is -0.131. The number of rotatable bonds is 17. The second kappa shape index (κ2) is 17.6. The number of carbonyl (C=O) groups is 4. The highest BCUT2D eigenvalue weighted by molar-refractivity contribution is 5.91. The summed E-state index contributed by atoms with van der Waals surface area (Å²) in [5, 5.41) is 16.7. The molecular formula is C21H40N6O6. The predicted molar refractivity (Wildman–Crippen MR) is 124 cm³/mol. The summed E-state index contributed by atoms with van der Waals surface area (Å²) in [5.74, 6) is -1.18. The summed E-state index contributed by atoms with van der Waals surface area (Å²) in [7, 11) is 0. The lowest BCUT2D eigenvalue weighted by atomic mass is 10.0. The Labute approximate surface area is 195 Å². The van der Waals surface area contributed by atoms with Crippen molar-refractivity contribution in [2.45, 2.75) is 77.4 Å². The number of guanidine groups is 1.